The lowest BCUT2D eigenvalue weighted by Gasteiger charge is -2.15. The third-order valence-corrected chi connectivity index (χ3v) is 4.17. The van der Waals surface area contributed by atoms with E-state index in [1.54, 1.807) is 0 Å². The molecule has 0 spiro atoms. The predicted molar refractivity (Wildman–Crippen MR) is 89.8 cm³/mol. The largest absolute Gasteiger partial charge is 0.493 e. The molecule has 1 saturated heterocycles. The molecule has 0 aromatic heterocycles. The zero-order valence-electron chi connectivity index (χ0n) is 13.0. The molecular formula is C17H26BrNO2. The summed E-state index contributed by atoms with van der Waals surface area (Å²) in [5.41, 5.74) is 1.20. The Balaban J connectivity index is 1.80. The number of hydrogen-bond acceptors (Lipinski definition) is 3. The molecule has 0 bridgehead atoms. The van der Waals surface area contributed by atoms with Crippen molar-refractivity contribution < 1.29 is 9.47 Å². The van der Waals surface area contributed by atoms with E-state index >= 15 is 0 Å². The Morgan fingerprint density at radius 3 is 3.00 bits per heavy atom. The molecule has 1 aromatic carbocycles. The Labute approximate surface area is 136 Å². The van der Waals surface area contributed by atoms with Crippen molar-refractivity contribution in [3.05, 3.63) is 28.2 Å². The zero-order valence-corrected chi connectivity index (χ0v) is 14.6. The molecule has 0 amide bonds. The van der Waals surface area contributed by atoms with Crippen LogP contribution in [-0.2, 0) is 11.3 Å². The second-order valence-electron chi connectivity index (χ2n) is 5.91. The lowest BCUT2D eigenvalue weighted by Crippen LogP contribution is -2.22. The minimum atomic E-state index is 0.459. The molecule has 1 aliphatic heterocycles. The van der Waals surface area contributed by atoms with Crippen molar-refractivity contribution in [1.82, 2.24) is 5.32 Å². The molecule has 118 valence electrons. The van der Waals surface area contributed by atoms with Gasteiger partial charge in [0.05, 0.1) is 12.7 Å². The smallest absolute Gasteiger partial charge is 0.123 e. The van der Waals surface area contributed by atoms with Crippen molar-refractivity contribution in [1.29, 1.82) is 0 Å². The van der Waals surface area contributed by atoms with Gasteiger partial charge in [-0.2, -0.15) is 0 Å². The average molecular weight is 356 g/mol. The van der Waals surface area contributed by atoms with Crippen LogP contribution in [0.5, 0.6) is 5.75 Å². The third-order valence-electron chi connectivity index (χ3n) is 3.68. The lowest BCUT2D eigenvalue weighted by atomic mass is 10.1. The van der Waals surface area contributed by atoms with Crippen LogP contribution in [0.4, 0.5) is 0 Å². The molecule has 2 rings (SSSR count). The maximum absolute atomic E-state index is 5.97. The minimum absolute atomic E-state index is 0.459. The first-order valence-electron chi connectivity index (χ1n) is 7.91. The maximum Gasteiger partial charge on any atom is 0.123 e. The summed E-state index contributed by atoms with van der Waals surface area (Å²) < 4.78 is 12.7. The average Bonchev–Trinajstić information content (AvgIpc) is 2.96. The van der Waals surface area contributed by atoms with Crippen LogP contribution in [0.3, 0.4) is 0 Å². The molecule has 0 aliphatic carbocycles. The number of nitrogens with one attached hydrogen (secondary N) is 1. The Bertz CT molecular complexity index is 431. The summed E-state index contributed by atoms with van der Waals surface area (Å²) in [5, 5.41) is 3.44. The van der Waals surface area contributed by atoms with Crippen molar-refractivity contribution in [2.45, 2.75) is 58.2 Å². The molecule has 1 N–H and O–H groups in total. The molecule has 0 saturated carbocycles. The zero-order chi connectivity index (χ0) is 15.1. The second-order valence-corrected chi connectivity index (χ2v) is 6.83. The minimum Gasteiger partial charge on any atom is -0.493 e. The monoisotopic (exact) mass is 355 g/mol. The van der Waals surface area contributed by atoms with E-state index in [0.29, 0.717) is 12.1 Å². The molecule has 4 heteroatoms. The van der Waals surface area contributed by atoms with Gasteiger partial charge in [0.25, 0.3) is 0 Å². The highest BCUT2D eigenvalue weighted by Gasteiger charge is 2.14. The summed E-state index contributed by atoms with van der Waals surface area (Å²) in [7, 11) is 0. The number of hydrogen-bond donors (Lipinski definition) is 1. The van der Waals surface area contributed by atoms with E-state index in [4.69, 9.17) is 9.47 Å². The lowest BCUT2D eigenvalue weighted by molar-refractivity contribution is 0.0981. The second kappa shape index (κ2) is 8.76. The van der Waals surface area contributed by atoms with Gasteiger partial charge in [-0.05, 0) is 43.9 Å². The Hall–Kier alpha value is -0.580. The van der Waals surface area contributed by atoms with Gasteiger partial charge in [0.2, 0.25) is 0 Å². The van der Waals surface area contributed by atoms with E-state index in [0.717, 1.165) is 42.8 Å². The highest BCUT2D eigenvalue weighted by atomic mass is 79.9. The highest BCUT2D eigenvalue weighted by Crippen LogP contribution is 2.24. The van der Waals surface area contributed by atoms with E-state index in [-0.39, 0.29) is 0 Å². The third kappa shape index (κ3) is 5.97. The maximum atomic E-state index is 5.97. The van der Waals surface area contributed by atoms with Gasteiger partial charge < -0.3 is 14.8 Å². The molecule has 1 heterocycles. The first-order chi connectivity index (χ1) is 10.1. The van der Waals surface area contributed by atoms with Crippen molar-refractivity contribution in [3.8, 4) is 5.75 Å². The van der Waals surface area contributed by atoms with Crippen molar-refractivity contribution >= 4 is 15.9 Å². The molecule has 1 aliphatic rings. The van der Waals surface area contributed by atoms with Crippen LogP contribution >= 0.6 is 15.9 Å². The molecule has 0 radical (unpaired) electrons. The number of halogens is 1. The Kier molecular flexibility index (Phi) is 7.00. The van der Waals surface area contributed by atoms with Crippen LogP contribution in [0.15, 0.2) is 22.7 Å². The van der Waals surface area contributed by atoms with Crippen molar-refractivity contribution in [2.24, 2.45) is 0 Å². The molecule has 1 fully saturated rings. The van der Waals surface area contributed by atoms with Gasteiger partial charge in [-0.3, -0.25) is 0 Å². The van der Waals surface area contributed by atoms with Gasteiger partial charge >= 0.3 is 0 Å². The number of rotatable bonds is 8. The van der Waals surface area contributed by atoms with E-state index in [1.165, 1.54) is 18.4 Å². The van der Waals surface area contributed by atoms with E-state index in [2.05, 4.69) is 41.2 Å². The first kappa shape index (κ1) is 16.8. The van der Waals surface area contributed by atoms with Crippen molar-refractivity contribution in [2.75, 3.05) is 13.2 Å². The van der Waals surface area contributed by atoms with Gasteiger partial charge in [-0.1, -0.05) is 29.8 Å². The topological polar surface area (TPSA) is 30.5 Å². The summed E-state index contributed by atoms with van der Waals surface area (Å²) >= 11 is 3.53. The number of benzene rings is 1. The van der Waals surface area contributed by atoms with Gasteiger partial charge in [0, 0.05) is 29.2 Å². The quantitative estimate of drug-likeness (QED) is 0.705. The molecule has 1 unspecified atom stereocenters. The summed E-state index contributed by atoms with van der Waals surface area (Å²) in [5.74, 6) is 0.985. The molecule has 1 aromatic rings. The summed E-state index contributed by atoms with van der Waals surface area (Å²) in [6.07, 6.45) is 5.04. The SMILES string of the molecule is CC(C)NCc1cc(Br)ccc1OCCCC1CCCO1. The van der Waals surface area contributed by atoms with Crippen LogP contribution in [0.1, 0.15) is 45.1 Å². The van der Waals surface area contributed by atoms with Gasteiger partial charge in [0.1, 0.15) is 5.75 Å². The fraction of sp³-hybridized carbons (Fsp3) is 0.647. The van der Waals surface area contributed by atoms with Crippen LogP contribution in [0, 0.1) is 0 Å². The normalized spacial score (nSPS) is 18.4. The summed E-state index contributed by atoms with van der Waals surface area (Å²) in [6, 6.07) is 6.68. The molecule has 3 nitrogen and oxygen atoms in total. The highest BCUT2D eigenvalue weighted by molar-refractivity contribution is 9.10. The van der Waals surface area contributed by atoms with Crippen LogP contribution < -0.4 is 10.1 Å². The van der Waals surface area contributed by atoms with Crippen LogP contribution in [0.25, 0.3) is 0 Å². The van der Waals surface area contributed by atoms with Crippen molar-refractivity contribution in [3.63, 3.8) is 0 Å². The molecular weight excluding hydrogens is 330 g/mol. The van der Waals surface area contributed by atoms with E-state index in [1.807, 2.05) is 12.1 Å². The Morgan fingerprint density at radius 2 is 2.29 bits per heavy atom. The molecule has 21 heavy (non-hydrogen) atoms. The van der Waals surface area contributed by atoms with Gasteiger partial charge in [-0.15, -0.1) is 0 Å². The first-order valence-corrected chi connectivity index (χ1v) is 8.70. The van der Waals surface area contributed by atoms with Gasteiger partial charge in [-0.25, -0.2) is 0 Å². The Morgan fingerprint density at radius 1 is 1.43 bits per heavy atom. The standard InChI is InChI=1S/C17H26BrNO2/c1-13(2)19-12-14-11-15(18)7-8-17(14)21-10-4-6-16-5-3-9-20-16/h7-8,11,13,16,19H,3-6,9-10,12H2,1-2H3. The fourth-order valence-electron chi connectivity index (χ4n) is 2.51. The van der Waals surface area contributed by atoms with Crippen LogP contribution in [-0.4, -0.2) is 25.4 Å². The number of ether oxygens (including phenoxy) is 2. The summed E-state index contributed by atoms with van der Waals surface area (Å²) in [6.45, 7) is 6.83. The fourth-order valence-corrected chi connectivity index (χ4v) is 2.91. The van der Waals surface area contributed by atoms with Crippen LogP contribution in [0.2, 0.25) is 0 Å². The van der Waals surface area contributed by atoms with Gasteiger partial charge in [0.15, 0.2) is 0 Å². The molecule has 1 atom stereocenters. The summed E-state index contributed by atoms with van der Waals surface area (Å²) in [4.78, 5) is 0. The van der Waals surface area contributed by atoms with E-state index in [9.17, 15) is 0 Å². The predicted octanol–water partition coefficient (Wildman–Crippen LogP) is 4.29. The van der Waals surface area contributed by atoms with E-state index < -0.39 is 0 Å².